The summed E-state index contributed by atoms with van der Waals surface area (Å²) >= 11 is 0. The Balaban J connectivity index is 1.78. The van der Waals surface area contributed by atoms with Gasteiger partial charge in [0.25, 0.3) is 5.91 Å². The van der Waals surface area contributed by atoms with Crippen molar-refractivity contribution < 1.29 is 9.53 Å². The van der Waals surface area contributed by atoms with Gasteiger partial charge in [0.15, 0.2) is 6.10 Å². The van der Waals surface area contributed by atoms with Crippen LogP contribution in [-0.2, 0) is 17.9 Å². The number of hydrogen-bond donors (Lipinski definition) is 0. The lowest BCUT2D eigenvalue weighted by Gasteiger charge is -2.23. The molecule has 0 spiro atoms. The second-order valence-electron chi connectivity index (χ2n) is 7.17. The van der Waals surface area contributed by atoms with Gasteiger partial charge in [-0.1, -0.05) is 19.1 Å². The molecule has 0 fully saturated rings. The normalized spacial score (nSPS) is 16.8. The third-order valence-electron chi connectivity index (χ3n) is 4.99. The van der Waals surface area contributed by atoms with Crippen LogP contribution in [0.4, 0.5) is 0 Å². The molecule has 0 saturated carbocycles. The van der Waals surface area contributed by atoms with Gasteiger partial charge in [0, 0.05) is 29.9 Å². The molecule has 0 N–H and O–H groups in total. The van der Waals surface area contributed by atoms with Gasteiger partial charge in [0.2, 0.25) is 5.88 Å². The van der Waals surface area contributed by atoms with Crippen molar-refractivity contribution in [2.75, 3.05) is 0 Å². The summed E-state index contributed by atoms with van der Waals surface area (Å²) in [4.78, 5) is 23.8. The van der Waals surface area contributed by atoms with Crippen molar-refractivity contribution in [3.63, 3.8) is 0 Å². The molecule has 1 atom stereocenters. The first-order valence-corrected chi connectivity index (χ1v) is 9.30. The van der Waals surface area contributed by atoms with Crippen LogP contribution in [0.2, 0.25) is 0 Å². The summed E-state index contributed by atoms with van der Waals surface area (Å²) in [5, 5.41) is 1.10. The molecule has 0 aliphatic carbocycles. The fourth-order valence-electron chi connectivity index (χ4n) is 3.65. The zero-order chi connectivity index (χ0) is 19.0. The monoisotopic (exact) mass is 361 g/mol. The summed E-state index contributed by atoms with van der Waals surface area (Å²) in [7, 11) is 0. The van der Waals surface area contributed by atoms with Gasteiger partial charge in [0.1, 0.15) is 0 Å². The summed E-state index contributed by atoms with van der Waals surface area (Å²) in [5.41, 5.74) is 5.21. The Labute approximate surface area is 159 Å². The third kappa shape index (κ3) is 3.37. The number of pyridine rings is 2. The predicted molar refractivity (Wildman–Crippen MR) is 104 cm³/mol. The highest BCUT2D eigenvalue weighted by atomic mass is 16.5. The first-order valence-electron chi connectivity index (χ1n) is 9.30. The number of amides is 1. The predicted octanol–water partition coefficient (Wildman–Crippen LogP) is 3.95. The Morgan fingerprint density at radius 1 is 1.26 bits per heavy atom. The van der Waals surface area contributed by atoms with Gasteiger partial charge in [-0.2, -0.15) is 0 Å². The Bertz CT molecular complexity index is 1000. The number of aryl methyl sites for hydroxylation is 2. The van der Waals surface area contributed by atoms with Crippen LogP contribution in [0.1, 0.15) is 35.6 Å². The largest absolute Gasteiger partial charge is 0.464 e. The van der Waals surface area contributed by atoms with E-state index < -0.39 is 6.10 Å². The van der Waals surface area contributed by atoms with Crippen LogP contribution in [0.5, 0.6) is 5.88 Å². The highest BCUT2D eigenvalue weighted by molar-refractivity contribution is 5.86. The van der Waals surface area contributed by atoms with Crippen LogP contribution in [0.25, 0.3) is 10.9 Å². The van der Waals surface area contributed by atoms with Crippen molar-refractivity contribution >= 4 is 16.8 Å². The molecule has 0 bridgehead atoms. The van der Waals surface area contributed by atoms with E-state index in [9.17, 15) is 4.79 Å². The highest BCUT2D eigenvalue weighted by Gasteiger charge is 2.31. The van der Waals surface area contributed by atoms with Gasteiger partial charge in [-0.05, 0) is 55.2 Å². The number of fused-ring (bicyclic) bond motifs is 2. The number of carbonyl (C=O) groups is 1. The first kappa shape index (κ1) is 17.5. The van der Waals surface area contributed by atoms with Crippen molar-refractivity contribution in [2.45, 2.75) is 46.4 Å². The quantitative estimate of drug-likeness (QED) is 0.709. The Morgan fingerprint density at radius 2 is 2.11 bits per heavy atom. The van der Waals surface area contributed by atoms with Gasteiger partial charge in [-0.3, -0.25) is 9.78 Å². The molecular formula is C22H23N3O2. The molecule has 1 aliphatic rings. The Morgan fingerprint density at radius 3 is 2.85 bits per heavy atom. The molecule has 5 heteroatoms. The van der Waals surface area contributed by atoms with E-state index in [1.807, 2.05) is 24.0 Å². The standard InChI is InChI=1S/C22H23N3O2/c1-4-20-22(26)25(12-16-6-5-7-23-11-16)13-17-10-18-15(3)8-14(2)9-19(18)24-21(17)27-20/h5-11,20H,4,12-13H2,1-3H3. The molecule has 1 aromatic carbocycles. The van der Waals surface area contributed by atoms with Crippen molar-refractivity contribution in [1.82, 2.24) is 14.9 Å². The molecule has 138 valence electrons. The number of ether oxygens (including phenoxy) is 1. The average molecular weight is 361 g/mol. The van der Waals surface area contributed by atoms with E-state index in [2.05, 4.69) is 37.0 Å². The van der Waals surface area contributed by atoms with Gasteiger partial charge < -0.3 is 9.64 Å². The molecule has 4 rings (SSSR count). The average Bonchev–Trinajstić information content (AvgIpc) is 2.78. The van der Waals surface area contributed by atoms with Gasteiger partial charge in [-0.25, -0.2) is 4.98 Å². The van der Waals surface area contributed by atoms with Gasteiger partial charge in [-0.15, -0.1) is 0 Å². The maximum Gasteiger partial charge on any atom is 0.264 e. The lowest BCUT2D eigenvalue weighted by molar-refractivity contribution is -0.139. The number of benzene rings is 1. The maximum atomic E-state index is 13.0. The summed E-state index contributed by atoms with van der Waals surface area (Å²) in [6.45, 7) is 7.11. The van der Waals surface area contributed by atoms with Crippen molar-refractivity contribution in [3.8, 4) is 5.88 Å². The van der Waals surface area contributed by atoms with Gasteiger partial charge >= 0.3 is 0 Å². The van der Waals surface area contributed by atoms with Crippen LogP contribution in [0, 0.1) is 13.8 Å². The second-order valence-corrected chi connectivity index (χ2v) is 7.17. The van der Waals surface area contributed by atoms with Crippen LogP contribution >= 0.6 is 0 Å². The van der Waals surface area contributed by atoms with E-state index in [0.29, 0.717) is 25.4 Å². The summed E-state index contributed by atoms with van der Waals surface area (Å²) in [6, 6.07) is 10.2. The minimum Gasteiger partial charge on any atom is -0.464 e. The number of nitrogens with zero attached hydrogens (tertiary/aromatic N) is 3. The van der Waals surface area contributed by atoms with E-state index >= 15 is 0 Å². The molecule has 5 nitrogen and oxygen atoms in total. The molecule has 1 amide bonds. The summed E-state index contributed by atoms with van der Waals surface area (Å²) < 4.78 is 6.06. The maximum absolute atomic E-state index is 13.0. The zero-order valence-corrected chi connectivity index (χ0v) is 15.9. The van der Waals surface area contributed by atoms with E-state index in [4.69, 9.17) is 9.72 Å². The topological polar surface area (TPSA) is 55.3 Å². The lowest BCUT2D eigenvalue weighted by Crippen LogP contribution is -2.38. The third-order valence-corrected chi connectivity index (χ3v) is 4.99. The van der Waals surface area contributed by atoms with E-state index in [1.54, 1.807) is 12.4 Å². The van der Waals surface area contributed by atoms with E-state index in [-0.39, 0.29) is 5.91 Å². The smallest absolute Gasteiger partial charge is 0.264 e. The minimum absolute atomic E-state index is 0.00342. The fourth-order valence-corrected chi connectivity index (χ4v) is 3.65. The molecule has 0 saturated heterocycles. The molecule has 27 heavy (non-hydrogen) atoms. The highest BCUT2D eigenvalue weighted by Crippen LogP contribution is 2.31. The van der Waals surface area contributed by atoms with Crippen molar-refractivity contribution in [2.24, 2.45) is 0 Å². The van der Waals surface area contributed by atoms with Crippen molar-refractivity contribution in [1.29, 1.82) is 0 Å². The number of rotatable bonds is 3. The van der Waals surface area contributed by atoms with Crippen LogP contribution in [0.15, 0.2) is 42.7 Å². The molecule has 3 heterocycles. The molecule has 3 aromatic rings. The minimum atomic E-state index is -0.515. The molecule has 1 aliphatic heterocycles. The summed E-state index contributed by atoms with van der Waals surface area (Å²) in [5.74, 6) is 0.567. The first-order chi connectivity index (χ1) is 13.0. The summed E-state index contributed by atoms with van der Waals surface area (Å²) in [6.07, 6.45) is 3.63. The number of hydrogen-bond acceptors (Lipinski definition) is 4. The van der Waals surface area contributed by atoms with E-state index in [1.165, 1.54) is 11.1 Å². The number of aromatic nitrogens is 2. The van der Waals surface area contributed by atoms with Crippen molar-refractivity contribution in [3.05, 3.63) is 65.0 Å². The molecular weight excluding hydrogens is 338 g/mol. The van der Waals surface area contributed by atoms with E-state index in [0.717, 1.165) is 22.0 Å². The van der Waals surface area contributed by atoms with Crippen LogP contribution < -0.4 is 4.74 Å². The second kappa shape index (κ2) is 6.99. The molecule has 2 aromatic heterocycles. The van der Waals surface area contributed by atoms with Crippen LogP contribution in [-0.4, -0.2) is 26.9 Å². The molecule has 0 radical (unpaired) electrons. The Kier molecular flexibility index (Phi) is 4.52. The number of carbonyl (C=O) groups excluding carboxylic acids is 1. The van der Waals surface area contributed by atoms with Crippen LogP contribution in [0.3, 0.4) is 0 Å². The fraction of sp³-hybridized carbons (Fsp3) is 0.318. The molecule has 1 unspecified atom stereocenters. The zero-order valence-electron chi connectivity index (χ0n) is 15.9. The lowest BCUT2D eigenvalue weighted by atomic mass is 10.0. The SMILES string of the molecule is CCC1Oc2nc3cc(C)cc(C)c3cc2CN(Cc2cccnc2)C1=O. The Hall–Kier alpha value is -2.95. The van der Waals surface area contributed by atoms with Gasteiger partial charge in [0.05, 0.1) is 12.1 Å².